The van der Waals surface area contributed by atoms with Gasteiger partial charge in [-0.3, -0.25) is 0 Å². The van der Waals surface area contributed by atoms with E-state index in [0.29, 0.717) is 0 Å². The second-order valence-corrected chi connectivity index (χ2v) is 1.80. The molecule has 64 valence electrons. The third-order valence-corrected chi connectivity index (χ3v) is 0.900. The van der Waals surface area contributed by atoms with E-state index in [-0.39, 0.29) is 11.6 Å². The molecule has 0 aliphatic rings. The quantitative estimate of drug-likeness (QED) is 0.595. The average Bonchev–Trinajstić information content (AvgIpc) is 2.10. The van der Waals surface area contributed by atoms with Crippen LogP contribution in [0.2, 0.25) is 0 Å². The molecule has 0 saturated carbocycles. The summed E-state index contributed by atoms with van der Waals surface area (Å²) in [6, 6.07) is 0. The molecule has 0 spiro atoms. The van der Waals surface area contributed by atoms with Crippen molar-refractivity contribution >= 4 is 12.4 Å². The van der Waals surface area contributed by atoms with Crippen molar-refractivity contribution in [2.75, 3.05) is 0 Å². The summed E-state index contributed by atoms with van der Waals surface area (Å²) in [6.45, 7) is 6.86. The summed E-state index contributed by atoms with van der Waals surface area (Å²) >= 11 is 0. The lowest BCUT2D eigenvalue weighted by atomic mass is 10.6. The van der Waals surface area contributed by atoms with Crippen molar-refractivity contribution in [1.29, 1.82) is 0 Å². The van der Waals surface area contributed by atoms with Crippen LogP contribution in [0.4, 0.5) is 0 Å². The molecule has 0 aliphatic carbocycles. The van der Waals surface area contributed by atoms with Crippen molar-refractivity contribution < 1.29 is 0 Å². The SMILES string of the molecule is C=CC=N/C(N)=C(\N)N=CC=C. The normalized spacial score (nSPS) is 13.3. The van der Waals surface area contributed by atoms with E-state index in [4.69, 9.17) is 11.5 Å². The maximum atomic E-state index is 5.40. The number of hydrogen-bond acceptors (Lipinski definition) is 4. The van der Waals surface area contributed by atoms with Gasteiger partial charge in [-0.1, -0.05) is 25.3 Å². The summed E-state index contributed by atoms with van der Waals surface area (Å²) in [7, 11) is 0. The number of aliphatic imine (C=N–C) groups is 2. The van der Waals surface area contributed by atoms with Crippen LogP contribution in [-0.4, -0.2) is 12.4 Å². The first kappa shape index (κ1) is 10.2. The van der Waals surface area contributed by atoms with Gasteiger partial charge >= 0.3 is 0 Å². The second-order valence-electron chi connectivity index (χ2n) is 1.80. The molecule has 4 nitrogen and oxygen atoms in total. The minimum absolute atomic E-state index is 0.160. The fourth-order valence-corrected chi connectivity index (χ4v) is 0.398. The first-order valence-electron chi connectivity index (χ1n) is 3.27. The van der Waals surface area contributed by atoms with E-state index in [0.717, 1.165) is 0 Å². The monoisotopic (exact) mass is 164 g/mol. The topological polar surface area (TPSA) is 76.8 Å². The van der Waals surface area contributed by atoms with Crippen molar-refractivity contribution in [1.82, 2.24) is 0 Å². The number of nitrogens with two attached hydrogens (primary N) is 2. The summed E-state index contributed by atoms with van der Waals surface area (Å²) in [4.78, 5) is 7.47. The zero-order valence-electron chi connectivity index (χ0n) is 6.77. The molecular weight excluding hydrogens is 152 g/mol. The van der Waals surface area contributed by atoms with Crippen LogP contribution in [0.1, 0.15) is 0 Å². The second kappa shape index (κ2) is 5.91. The summed E-state index contributed by atoms with van der Waals surface area (Å²) in [5.41, 5.74) is 10.8. The molecule has 4 N–H and O–H groups in total. The van der Waals surface area contributed by atoms with E-state index in [9.17, 15) is 0 Å². The minimum atomic E-state index is 0.160. The lowest BCUT2D eigenvalue weighted by Crippen LogP contribution is -2.06. The van der Waals surface area contributed by atoms with Gasteiger partial charge in [-0.2, -0.15) is 0 Å². The van der Waals surface area contributed by atoms with Gasteiger partial charge in [0.2, 0.25) is 0 Å². The Labute approximate surface area is 71.7 Å². The fraction of sp³-hybridized carbons (Fsp3) is 0. The first-order valence-corrected chi connectivity index (χ1v) is 3.27. The van der Waals surface area contributed by atoms with E-state index in [1.807, 2.05) is 0 Å². The van der Waals surface area contributed by atoms with Crippen LogP contribution in [0.5, 0.6) is 0 Å². The third kappa shape index (κ3) is 4.05. The Bertz CT molecular complexity index is 222. The van der Waals surface area contributed by atoms with Crippen molar-refractivity contribution in [3.8, 4) is 0 Å². The molecule has 0 aromatic rings. The molecule has 4 heteroatoms. The fourth-order valence-electron chi connectivity index (χ4n) is 0.398. The Morgan fingerprint density at radius 1 is 0.917 bits per heavy atom. The Kier molecular flexibility index (Phi) is 5.00. The molecule has 0 unspecified atom stereocenters. The molecule has 0 radical (unpaired) electrons. The third-order valence-electron chi connectivity index (χ3n) is 0.900. The molecule has 0 aromatic carbocycles. The summed E-state index contributed by atoms with van der Waals surface area (Å²) < 4.78 is 0. The Morgan fingerprint density at radius 3 is 1.50 bits per heavy atom. The van der Waals surface area contributed by atoms with Crippen molar-refractivity contribution in [2.24, 2.45) is 21.5 Å². The van der Waals surface area contributed by atoms with E-state index in [1.54, 1.807) is 0 Å². The van der Waals surface area contributed by atoms with Gasteiger partial charge in [0.1, 0.15) is 0 Å². The van der Waals surface area contributed by atoms with Gasteiger partial charge in [-0.15, -0.1) is 0 Å². The van der Waals surface area contributed by atoms with Gasteiger partial charge in [0, 0.05) is 12.4 Å². The molecular formula is C8H12N4. The zero-order chi connectivity index (χ0) is 9.40. The van der Waals surface area contributed by atoms with Crippen LogP contribution in [0.15, 0.2) is 46.9 Å². The summed E-state index contributed by atoms with van der Waals surface area (Å²) in [5, 5.41) is 0. The molecule has 0 aliphatic heterocycles. The number of hydrogen-bond donors (Lipinski definition) is 2. The smallest absolute Gasteiger partial charge is 0.166 e. The molecule has 0 amide bonds. The molecule has 0 bridgehead atoms. The molecule has 0 saturated heterocycles. The predicted molar refractivity (Wildman–Crippen MR) is 52.8 cm³/mol. The molecule has 0 heterocycles. The van der Waals surface area contributed by atoms with Crippen LogP contribution >= 0.6 is 0 Å². The van der Waals surface area contributed by atoms with Crippen LogP contribution < -0.4 is 11.5 Å². The summed E-state index contributed by atoms with van der Waals surface area (Å²) in [6.07, 6.45) is 5.87. The van der Waals surface area contributed by atoms with Gasteiger partial charge in [-0.25, -0.2) is 9.98 Å². The average molecular weight is 164 g/mol. The van der Waals surface area contributed by atoms with Gasteiger partial charge in [-0.05, 0) is 0 Å². The first-order chi connectivity index (χ1) is 5.72. The Morgan fingerprint density at radius 2 is 1.25 bits per heavy atom. The van der Waals surface area contributed by atoms with Gasteiger partial charge in [0.25, 0.3) is 0 Å². The van der Waals surface area contributed by atoms with Crippen LogP contribution in [0.3, 0.4) is 0 Å². The van der Waals surface area contributed by atoms with Gasteiger partial charge in [0.15, 0.2) is 11.6 Å². The van der Waals surface area contributed by atoms with E-state index >= 15 is 0 Å². The van der Waals surface area contributed by atoms with Gasteiger partial charge < -0.3 is 11.5 Å². The highest BCUT2D eigenvalue weighted by Crippen LogP contribution is 1.92. The summed E-state index contributed by atoms with van der Waals surface area (Å²) in [5.74, 6) is 0.320. The molecule has 0 rings (SSSR count). The Balaban J connectivity index is 4.44. The molecule has 0 atom stereocenters. The lowest BCUT2D eigenvalue weighted by Gasteiger charge is -1.94. The van der Waals surface area contributed by atoms with Crippen LogP contribution in [0.25, 0.3) is 0 Å². The largest absolute Gasteiger partial charge is 0.381 e. The maximum Gasteiger partial charge on any atom is 0.166 e. The van der Waals surface area contributed by atoms with E-state index in [2.05, 4.69) is 23.1 Å². The highest BCUT2D eigenvalue weighted by atomic mass is 15.0. The number of nitrogens with zero attached hydrogens (tertiary/aromatic N) is 2. The Hall–Kier alpha value is -1.84. The highest BCUT2D eigenvalue weighted by molar-refractivity contribution is 5.72. The van der Waals surface area contributed by atoms with Gasteiger partial charge in [0.05, 0.1) is 0 Å². The van der Waals surface area contributed by atoms with E-state index < -0.39 is 0 Å². The minimum Gasteiger partial charge on any atom is -0.381 e. The maximum absolute atomic E-state index is 5.40. The molecule has 0 fully saturated rings. The molecule has 0 aromatic heterocycles. The standard InChI is InChI=1S/C8H12N4/c1-3-5-11-7(9)8(10)12-6-4-2/h3-6H,1-2,9-10H2/b8-7+,11-5?,12-6?. The zero-order valence-corrected chi connectivity index (χ0v) is 6.77. The molecule has 12 heavy (non-hydrogen) atoms. The van der Waals surface area contributed by atoms with Crippen molar-refractivity contribution in [2.45, 2.75) is 0 Å². The highest BCUT2D eigenvalue weighted by Gasteiger charge is 1.90. The van der Waals surface area contributed by atoms with Crippen LogP contribution in [-0.2, 0) is 0 Å². The predicted octanol–water partition coefficient (Wildman–Crippen LogP) is 0.544. The van der Waals surface area contributed by atoms with Crippen LogP contribution in [0, 0.1) is 0 Å². The lowest BCUT2D eigenvalue weighted by molar-refractivity contribution is 1.10. The van der Waals surface area contributed by atoms with Crippen molar-refractivity contribution in [3.05, 3.63) is 37.0 Å². The number of allylic oxidation sites excluding steroid dienone is 2. The number of rotatable bonds is 4. The van der Waals surface area contributed by atoms with E-state index in [1.165, 1.54) is 24.6 Å². The van der Waals surface area contributed by atoms with Crippen molar-refractivity contribution in [3.63, 3.8) is 0 Å².